The van der Waals surface area contributed by atoms with E-state index in [1.54, 1.807) is 6.92 Å². The molecule has 0 aromatic carbocycles. The number of carbonyl (C=O) groups excluding carboxylic acids is 2. The van der Waals surface area contributed by atoms with Gasteiger partial charge in [0, 0.05) is 12.3 Å². The fraction of sp³-hybridized carbons (Fsp3) is 0.810. The molecule has 0 aliphatic heterocycles. The zero-order chi connectivity index (χ0) is 17.6. The van der Waals surface area contributed by atoms with E-state index >= 15 is 0 Å². The SMILES string of the molecule is C=C(C)C(=O)C(C)CCCCC(=O)OC12CCCCC1CCCC2. The van der Waals surface area contributed by atoms with Crippen LogP contribution in [0, 0.1) is 11.8 Å². The zero-order valence-electron chi connectivity index (χ0n) is 15.6. The molecule has 2 aliphatic rings. The lowest BCUT2D eigenvalue weighted by Crippen LogP contribution is -2.46. The summed E-state index contributed by atoms with van der Waals surface area (Å²) in [5, 5.41) is 0. The molecule has 2 aliphatic carbocycles. The van der Waals surface area contributed by atoms with E-state index in [-0.39, 0.29) is 23.3 Å². The van der Waals surface area contributed by atoms with E-state index in [4.69, 9.17) is 4.74 Å². The van der Waals surface area contributed by atoms with Crippen LogP contribution in [0.25, 0.3) is 0 Å². The Hall–Kier alpha value is -1.12. The number of ether oxygens (including phenoxy) is 1. The van der Waals surface area contributed by atoms with E-state index in [0.29, 0.717) is 17.9 Å². The van der Waals surface area contributed by atoms with Crippen LogP contribution >= 0.6 is 0 Å². The first kappa shape index (κ1) is 19.2. The smallest absolute Gasteiger partial charge is 0.306 e. The molecule has 0 N–H and O–H groups in total. The predicted molar refractivity (Wildman–Crippen MR) is 96.7 cm³/mol. The van der Waals surface area contributed by atoms with Gasteiger partial charge < -0.3 is 4.74 Å². The van der Waals surface area contributed by atoms with Crippen molar-refractivity contribution in [1.29, 1.82) is 0 Å². The van der Waals surface area contributed by atoms with Crippen LogP contribution in [0.3, 0.4) is 0 Å². The van der Waals surface area contributed by atoms with Crippen molar-refractivity contribution in [1.82, 2.24) is 0 Å². The summed E-state index contributed by atoms with van der Waals surface area (Å²) >= 11 is 0. The highest BCUT2D eigenvalue weighted by atomic mass is 16.6. The molecule has 3 heteroatoms. The molecule has 136 valence electrons. The van der Waals surface area contributed by atoms with Gasteiger partial charge in [-0.25, -0.2) is 0 Å². The summed E-state index contributed by atoms with van der Waals surface area (Å²) in [5.41, 5.74) is 0.484. The molecule has 0 aromatic heterocycles. The number of hydrogen-bond acceptors (Lipinski definition) is 3. The standard InChI is InChI=1S/C21H34O3/c1-16(2)20(23)17(3)10-4-5-13-19(22)24-21-14-8-6-11-18(21)12-7-9-15-21/h17-18H,1,4-15H2,2-3H3. The number of rotatable bonds is 8. The van der Waals surface area contributed by atoms with Crippen molar-refractivity contribution in [3.8, 4) is 0 Å². The second-order valence-corrected chi connectivity index (χ2v) is 8.02. The van der Waals surface area contributed by atoms with Gasteiger partial charge in [-0.15, -0.1) is 0 Å². The van der Waals surface area contributed by atoms with Gasteiger partial charge in [0.05, 0.1) is 0 Å². The average Bonchev–Trinajstić information content (AvgIpc) is 2.57. The summed E-state index contributed by atoms with van der Waals surface area (Å²) in [6.07, 6.45) is 12.6. The lowest BCUT2D eigenvalue weighted by atomic mass is 9.67. The third kappa shape index (κ3) is 4.94. The molecule has 2 fully saturated rings. The Labute approximate surface area is 147 Å². The van der Waals surface area contributed by atoms with Gasteiger partial charge >= 0.3 is 5.97 Å². The van der Waals surface area contributed by atoms with Crippen LogP contribution in [0.4, 0.5) is 0 Å². The Morgan fingerprint density at radius 2 is 1.75 bits per heavy atom. The van der Waals surface area contributed by atoms with Crippen LogP contribution in [0.1, 0.15) is 90.9 Å². The molecule has 0 bridgehead atoms. The van der Waals surface area contributed by atoms with Gasteiger partial charge in [-0.05, 0) is 69.8 Å². The summed E-state index contributed by atoms with van der Waals surface area (Å²) in [5.74, 6) is 0.724. The van der Waals surface area contributed by atoms with E-state index in [2.05, 4.69) is 6.58 Å². The van der Waals surface area contributed by atoms with Crippen molar-refractivity contribution in [2.24, 2.45) is 11.8 Å². The molecular formula is C21H34O3. The fourth-order valence-electron chi connectivity index (χ4n) is 4.57. The Balaban J connectivity index is 1.73. The average molecular weight is 335 g/mol. The van der Waals surface area contributed by atoms with Gasteiger partial charge in [-0.2, -0.15) is 0 Å². The number of ketones is 1. The second-order valence-electron chi connectivity index (χ2n) is 8.02. The van der Waals surface area contributed by atoms with Gasteiger partial charge in [0.2, 0.25) is 0 Å². The number of allylic oxidation sites excluding steroid dienone is 1. The Bertz CT molecular complexity index is 454. The maximum atomic E-state index is 12.3. The highest BCUT2D eigenvalue weighted by Crippen LogP contribution is 2.46. The normalized spacial score (nSPS) is 27.8. The first-order valence-electron chi connectivity index (χ1n) is 9.86. The Morgan fingerprint density at radius 3 is 2.33 bits per heavy atom. The minimum atomic E-state index is -0.142. The van der Waals surface area contributed by atoms with Crippen LogP contribution < -0.4 is 0 Å². The summed E-state index contributed by atoms with van der Waals surface area (Å²) < 4.78 is 6.06. The lowest BCUT2D eigenvalue weighted by molar-refractivity contribution is -0.176. The zero-order valence-corrected chi connectivity index (χ0v) is 15.6. The third-order valence-electron chi connectivity index (χ3n) is 6.00. The second kappa shape index (κ2) is 8.82. The highest BCUT2D eigenvalue weighted by Gasteiger charge is 2.45. The molecule has 3 nitrogen and oxygen atoms in total. The van der Waals surface area contributed by atoms with Crippen LogP contribution in [-0.4, -0.2) is 17.4 Å². The molecule has 2 rings (SSSR count). The predicted octanol–water partition coefficient (Wildman–Crippen LogP) is 5.37. The number of Topliss-reactive ketones (excluding diaryl/α,β-unsaturated/α-hetero) is 1. The van der Waals surface area contributed by atoms with E-state index in [0.717, 1.165) is 32.1 Å². The van der Waals surface area contributed by atoms with Crippen molar-refractivity contribution >= 4 is 11.8 Å². The van der Waals surface area contributed by atoms with Crippen LogP contribution in [-0.2, 0) is 14.3 Å². The van der Waals surface area contributed by atoms with Gasteiger partial charge in [-0.3, -0.25) is 9.59 Å². The maximum Gasteiger partial charge on any atom is 0.306 e. The van der Waals surface area contributed by atoms with Crippen molar-refractivity contribution in [2.45, 2.75) is 96.5 Å². The molecule has 0 aromatic rings. The fourth-order valence-corrected chi connectivity index (χ4v) is 4.57. The first-order chi connectivity index (χ1) is 11.4. The molecule has 1 unspecified atom stereocenters. The Kier molecular flexibility index (Phi) is 7.06. The minimum Gasteiger partial charge on any atom is -0.459 e. The first-order valence-corrected chi connectivity index (χ1v) is 9.86. The number of fused-ring (bicyclic) bond motifs is 1. The third-order valence-corrected chi connectivity index (χ3v) is 6.00. The quantitative estimate of drug-likeness (QED) is 0.340. The lowest BCUT2D eigenvalue weighted by Gasteiger charge is -2.46. The minimum absolute atomic E-state index is 0.0122. The molecule has 2 saturated carbocycles. The number of hydrogen-bond donors (Lipinski definition) is 0. The summed E-state index contributed by atoms with van der Waals surface area (Å²) in [6, 6.07) is 0. The summed E-state index contributed by atoms with van der Waals surface area (Å²) in [4.78, 5) is 24.1. The molecule has 0 amide bonds. The van der Waals surface area contributed by atoms with Crippen molar-refractivity contribution in [2.75, 3.05) is 0 Å². The molecule has 0 heterocycles. The largest absolute Gasteiger partial charge is 0.459 e. The molecule has 0 saturated heterocycles. The van der Waals surface area contributed by atoms with E-state index in [1.165, 1.54) is 38.5 Å². The van der Waals surface area contributed by atoms with Crippen LogP contribution in [0.2, 0.25) is 0 Å². The number of esters is 1. The van der Waals surface area contributed by atoms with E-state index in [9.17, 15) is 9.59 Å². The van der Waals surface area contributed by atoms with Crippen molar-refractivity contribution in [3.05, 3.63) is 12.2 Å². The molecule has 1 atom stereocenters. The molecule has 0 spiro atoms. The topological polar surface area (TPSA) is 43.4 Å². The van der Waals surface area contributed by atoms with Gasteiger partial charge in [0.25, 0.3) is 0 Å². The maximum absolute atomic E-state index is 12.3. The van der Waals surface area contributed by atoms with Crippen molar-refractivity contribution in [3.63, 3.8) is 0 Å². The monoisotopic (exact) mass is 334 g/mol. The van der Waals surface area contributed by atoms with E-state index in [1.807, 2.05) is 6.92 Å². The number of unbranched alkanes of at least 4 members (excludes halogenated alkanes) is 1. The number of carbonyl (C=O) groups is 2. The molecule has 0 radical (unpaired) electrons. The summed E-state index contributed by atoms with van der Waals surface area (Å²) in [7, 11) is 0. The van der Waals surface area contributed by atoms with Gasteiger partial charge in [0.1, 0.15) is 5.60 Å². The highest BCUT2D eigenvalue weighted by molar-refractivity contribution is 5.95. The van der Waals surface area contributed by atoms with Gasteiger partial charge in [0.15, 0.2) is 5.78 Å². The van der Waals surface area contributed by atoms with E-state index < -0.39 is 0 Å². The van der Waals surface area contributed by atoms with Crippen molar-refractivity contribution < 1.29 is 14.3 Å². The molecule has 24 heavy (non-hydrogen) atoms. The van der Waals surface area contributed by atoms with Crippen LogP contribution in [0.5, 0.6) is 0 Å². The summed E-state index contributed by atoms with van der Waals surface area (Å²) in [6.45, 7) is 7.42. The van der Waals surface area contributed by atoms with Gasteiger partial charge in [-0.1, -0.05) is 32.8 Å². The Morgan fingerprint density at radius 1 is 1.12 bits per heavy atom. The van der Waals surface area contributed by atoms with Crippen LogP contribution in [0.15, 0.2) is 12.2 Å². The molecular weight excluding hydrogens is 300 g/mol.